The molecule has 83 valence electrons. The lowest BCUT2D eigenvalue weighted by atomic mass is 10.3. The van der Waals surface area contributed by atoms with Crippen LogP contribution in [0.3, 0.4) is 0 Å². The summed E-state index contributed by atoms with van der Waals surface area (Å²) in [6, 6.07) is 10.5. The molecule has 0 unspecified atom stereocenters. The van der Waals surface area contributed by atoms with Crippen LogP contribution >= 0.6 is 0 Å². The minimum Gasteiger partial charge on any atom is -0.492 e. The molecule has 0 heterocycles. The van der Waals surface area contributed by atoms with Gasteiger partial charge in [0.15, 0.2) is 0 Å². The lowest BCUT2D eigenvalue weighted by Crippen LogP contribution is -2.22. The van der Waals surface area contributed by atoms with Gasteiger partial charge in [-0.2, -0.15) is 0 Å². The Morgan fingerprint density at radius 1 is 1.33 bits per heavy atom. The van der Waals surface area contributed by atoms with Gasteiger partial charge in [-0.15, -0.1) is 0 Å². The van der Waals surface area contributed by atoms with Crippen molar-refractivity contribution in [1.29, 1.82) is 0 Å². The Kier molecular flexibility index (Phi) is 6.62. The van der Waals surface area contributed by atoms with Crippen LogP contribution in [0.15, 0.2) is 24.3 Å². The zero-order valence-corrected chi connectivity index (χ0v) is 9.16. The summed E-state index contributed by atoms with van der Waals surface area (Å²) < 4.78 is 10.4. The lowest BCUT2D eigenvalue weighted by molar-refractivity contribution is 0.193. The second-order valence-corrected chi connectivity index (χ2v) is 3.18. The van der Waals surface area contributed by atoms with E-state index in [4.69, 9.17) is 9.47 Å². The molecule has 1 rings (SSSR count). The number of benzene rings is 1. The van der Waals surface area contributed by atoms with Crippen molar-refractivity contribution < 1.29 is 9.47 Å². The Morgan fingerprint density at radius 2 is 2.27 bits per heavy atom. The molecule has 0 spiro atoms. The maximum absolute atomic E-state index is 5.49. The van der Waals surface area contributed by atoms with Crippen LogP contribution in [0.4, 0.5) is 0 Å². The summed E-state index contributed by atoms with van der Waals surface area (Å²) in [5.74, 6) is 0.871. The molecule has 0 saturated carbocycles. The Labute approximate surface area is 91.4 Å². The number of methoxy groups -OCH3 is 1. The molecule has 0 fully saturated rings. The smallest absolute Gasteiger partial charge is 0.119 e. The summed E-state index contributed by atoms with van der Waals surface area (Å²) >= 11 is 0. The first-order valence-corrected chi connectivity index (χ1v) is 5.22. The zero-order valence-electron chi connectivity index (χ0n) is 9.16. The molecule has 0 saturated heterocycles. The molecule has 0 aliphatic carbocycles. The van der Waals surface area contributed by atoms with Crippen LogP contribution in [0.2, 0.25) is 0 Å². The predicted octanol–water partition coefficient (Wildman–Crippen LogP) is 1.49. The molecule has 0 bridgehead atoms. The molecule has 3 nitrogen and oxygen atoms in total. The molecule has 1 N–H and O–H groups in total. The first kappa shape index (κ1) is 12.0. The van der Waals surface area contributed by atoms with Crippen LogP contribution in [0.25, 0.3) is 0 Å². The first-order valence-electron chi connectivity index (χ1n) is 5.22. The van der Waals surface area contributed by atoms with Gasteiger partial charge < -0.3 is 14.8 Å². The third kappa shape index (κ3) is 6.10. The molecule has 1 radical (unpaired) electrons. The normalized spacial score (nSPS) is 10.2. The van der Waals surface area contributed by atoms with Crippen LogP contribution in [0, 0.1) is 6.07 Å². The Bertz CT molecular complexity index is 239. The topological polar surface area (TPSA) is 30.5 Å². The van der Waals surface area contributed by atoms with E-state index in [1.54, 1.807) is 7.11 Å². The summed E-state index contributed by atoms with van der Waals surface area (Å²) in [7, 11) is 1.72. The molecular formula is C12H18NO2. The minimum atomic E-state index is 0.685. The maximum atomic E-state index is 5.49. The van der Waals surface area contributed by atoms with E-state index in [9.17, 15) is 0 Å². The van der Waals surface area contributed by atoms with Gasteiger partial charge in [-0.05, 0) is 31.2 Å². The Morgan fingerprint density at radius 3 is 3.00 bits per heavy atom. The van der Waals surface area contributed by atoms with E-state index in [1.807, 2.05) is 24.3 Å². The highest BCUT2D eigenvalue weighted by molar-refractivity contribution is 5.19. The van der Waals surface area contributed by atoms with Gasteiger partial charge in [0, 0.05) is 20.3 Å². The van der Waals surface area contributed by atoms with Gasteiger partial charge in [0.25, 0.3) is 0 Å². The molecular weight excluding hydrogens is 190 g/mol. The van der Waals surface area contributed by atoms with Crippen LogP contribution in [0.5, 0.6) is 5.75 Å². The van der Waals surface area contributed by atoms with Gasteiger partial charge in [-0.1, -0.05) is 12.1 Å². The monoisotopic (exact) mass is 208 g/mol. The fourth-order valence-electron chi connectivity index (χ4n) is 1.17. The van der Waals surface area contributed by atoms with Gasteiger partial charge in [0.05, 0.1) is 0 Å². The number of hydrogen-bond acceptors (Lipinski definition) is 3. The van der Waals surface area contributed by atoms with Crippen molar-refractivity contribution in [2.75, 3.05) is 33.4 Å². The summed E-state index contributed by atoms with van der Waals surface area (Å²) in [4.78, 5) is 0. The quantitative estimate of drug-likeness (QED) is 0.657. The number of rotatable bonds is 8. The molecule has 0 aliphatic rings. The van der Waals surface area contributed by atoms with Gasteiger partial charge in [0.1, 0.15) is 12.4 Å². The van der Waals surface area contributed by atoms with Gasteiger partial charge in [0.2, 0.25) is 0 Å². The van der Waals surface area contributed by atoms with Crippen molar-refractivity contribution in [3.05, 3.63) is 30.3 Å². The second kappa shape index (κ2) is 8.26. The SMILES string of the molecule is COCCCNCCOc1c[c]ccc1. The summed E-state index contributed by atoms with van der Waals surface area (Å²) in [5, 5.41) is 3.28. The van der Waals surface area contributed by atoms with E-state index in [0.29, 0.717) is 6.61 Å². The van der Waals surface area contributed by atoms with E-state index >= 15 is 0 Å². The van der Waals surface area contributed by atoms with Gasteiger partial charge >= 0.3 is 0 Å². The molecule has 3 heteroatoms. The molecule has 0 aliphatic heterocycles. The van der Waals surface area contributed by atoms with E-state index in [1.165, 1.54) is 0 Å². The summed E-state index contributed by atoms with van der Waals surface area (Å²) in [5.41, 5.74) is 0. The average Bonchev–Trinajstić information content (AvgIpc) is 2.29. The van der Waals surface area contributed by atoms with Crippen molar-refractivity contribution in [2.45, 2.75) is 6.42 Å². The van der Waals surface area contributed by atoms with Crippen molar-refractivity contribution in [3.8, 4) is 5.75 Å². The van der Waals surface area contributed by atoms with Crippen molar-refractivity contribution in [2.24, 2.45) is 0 Å². The highest BCUT2D eigenvalue weighted by Crippen LogP contribution is 2.06. The third-order valence-corrected chi connectivity index (χ3v) is 1.93. The van der Waals surface area contributed by atoms with Gasteiger partial charge in [-0.3, -0.25) is 0 Å². The highest BCUT2D eigenvalue weighted by atomic mass is 16.5. The molecule has 0 atom stereocenters. The van der Waals surface area contributed by atoms with Crippen LogP contribution in [0.1, 0.15) is 6.42 Å². The van der Waals surface area contributed by atoms with E-state index in [2.05, 4.69) is 11.4 Å². The van der Waals surface area contributed by atoms with Crippen LogP contribution in [-0.2, 0) is 4.74 Å². The fraction of sp³-hybridized carbons (Fsp3) is 0.500. The Balaban J connectivity index is 1.93. The summed E-state index contributed by atoms with van der Waals surface area (Å²) in [6.45, 7) is 3.32. The number of nitrogens with one attached hydrogen (secondary N) is 1. The number of ether oxygens (including phenoxy) is 2. The van der Waals surface area contributed by atoms with Crippen molar-refractivity contribution in [3.63, 3.8) is 0 Å². The molecule has 15 heavy (non-hydrogen) atoms. The third-order valence-electron chi connectivity index (χ3n) is 1.93. The Hall–Kier alpha value is -1.06. The van der Waals surface area contributed by atoms with E-state index in [0.717, 1.165) is 31.9 Å². The van der Waals surface area contributed by atoms with E-state index < -0.39 is 0 Å². The first-order chi connectivity index (χ1) is 7.43. The standard InChI is InChI=1S/C12H18NO2/c1-14-10-5-8-13-9-11-15-12-6-3-2-4-7-12/h2-3,6-7,13H,5,8-11H2,1H3. The number of hydrogen-bond donors (Lipinski definition) is 1. The lowest BCUT2D eigenvalue weighted by Gasteiger charge is -2.06. The molecule has 0 amide bonds. The zero-order chi connectivity index (χ0) is 10.8. The highest BCUT2D eigenvalue weighted by Gasteiger charge is 1.91. The van der Waals surface area contributed by atoms with Crippen molar-refractivity contribution >= 4 is 0 Å². The summed E-state index contributed by atoms with van der Waals surface area (Å²) in [6.07, 6.45) is 1.04. The molecule has 1 aromatic rings. The van der Waals surface area contributed by atoms with Gasteiger partial charge in [-0.25, -0.2) is 0 Å². The predicted molar refractivity (Wildman–Crippen MR) is 60.1 cm³/mol. The molecule has 0 aromatic heterocycles. The van der Waals surface area contributed by atoms with Crippen LogP contribution < -0.4 is 10.1 Å². The molecule has 1 aromatic carbocycles. The fourth-order valence-corrected chi connectivity index (χ4v) is 1.17. The maximum Gasteiger partial charge on any atom is 0.119 e. The van der Waals surface area contributed by atoms with Crippen molar-refractivity contribution in [1.82, 2.24) is 5.32 Å². The largest absolute Gasteiger partial charge is 0.492 e. The second-order valence-electron chi connectivity index (χ2n) is 3.18. The average molecular weight is 208 g/mol. The van der Waals surface area contributed by atoms with Crippen LogP contribution in [-0.4, -0.2) is 33.4 Å². The minimum absolute atomic E-state index is 0.685. The van der Waals surface area contributed by atoms with E-state index in [-0.39, 0.29) is 0 Å².